The van der Waals surface area contributed by atoms with E-state index in [4.69, 9.17) is 0 Å². The number of hydrogen-bond donors (Lipinski definition) is 1. The van der Waals surface area contributed by atoms with Crippen molar-refractivity contribution in [2.45, 2.75) is 65.9 Å². The van der Waals surface area contributed by atoms with Gasteiger partial charge in [0.25, 0.3) is 0 Å². The van der Waals surface area contributed by atoms with Crippen molar-refractivity contribution in [2.24, 2.45) is 29.1 Å². The third kappa shape index (κ3) is 2.40. The van der Waals surface area contributed by atoms with E-state index in [0.29, 0.717) is 11.8 Å². The Labute approximate surface area is 134 Å². The van der Waals surface area contributed by atoms with E-state index in [1.807, 2.05) is 0 Å². The van der Waals surface area contributed by atoms with Crippen LogP contribution in [0.1, 0.15) is 59.8 Å². The van der Waals surface area contributed by atoms with E-state index in [0.717, 1.165) is 38.4 Å². The molecular weight excluding hydrogens is 272 g/mol. The van der Waals surface area contributed by atoms with Crippen LogP contribution in [0.5, 0.6) is 0 Å². The molecule has 3 rings (SSSR count). The molecule has 0 aliphatic heterocycles. The Morgan fingerprint density at radius 1 is 1.36 bits per heavy atom. The van der Waals surface area contributed by atoms with Crippen LogP contribution in [0.25, 0.3) is 0 Å². The fourth-order valence-electron chi connectivity index (χ4n) is 5.15. The van der Waals surface area contributed by atoms with Crippen LogP contribution < -0.4 is 0 Å². The van der Waals surface area contributed by atoms with Gasteiger partial charge in [0.2, 0.25) is 0 Å². The smallest absolute Gasteiger partial charge is 0.127 e. The predicted molar refractivity (Wildman–Crippen MR) is 89.4 cm³/mol. The van der Waals surface area contributed by atoms with Gasteiger partial charge in [-0.1, -0.05) is 50.5 Å². The molecule has 0 spiro atoms. The summed E-state index contributed by atoms with van der Waals surface area (Å²) < 4.78 is 0. The maximum atomic E-state index is 11.5. The highest BCUT2D eigenvalue weighted by Gasteiger charge is 2.44. The minimum Gasteiger partial charge on any atom is -0.392 e. The first-order chi connectivity index (χ1) is 10.4. The lowest BCUT2D eigenvalue weighted by Crippen LogP contribution is -2.31. The van der Waals surface area contributed by atoms with Crippen LogP contribution in [0.3, 0.4) is 0 Å². The third-order valence-corrected chi connectivity index (χ3v) is 6.64. The zero-order valence-electron chi connectivity index (χ0n) is 14.4. The van der Waals surface area contributed by atoms with E-state index >= 15 is 0 Å². The molecule has 22 heavy (non-hydrogen) atoms. The summed E-state index contributed by atoms with van der Waals surface area (Å²) in [7, 11) is 0. The Bertz CT molecular complexity index is 528. The summed E-state index contributed by atoms with van der Waals surface area (Å²) in [5, 5.41) is 10.8. The molecule has 2 heteroatoms. The number of allylic oxidation sites excluding steroid dienone is 3. The van der Waals surface area contributed by atoms with Crippen LogP contribution in [0.4, 0.5) is 0 Å². The van der Waals surface area contributed by atoms with Crippen molar-refractivity contribution < 1.29 is 9.90 Å². The van der Waals surface area contributed by atoms with Crippen LogP contribution >= 0.6 is 0 Å². The summed E-state index contributed by atoms with van der Waals surface area (Å²) in [6.45, 7) is 9.03. The lowest BCUT2D eigenvalue weighted by atomic mass is 9.70. The summed E-state index contributed by atoms with van der Waals surface area (Å²) in [5.41, 5.74) is 4.39. The largest absolute Gasteiger partial charge is 0.392 e. The second kappa shape index (κ2) is 5.63. The molecule has 0 bridgehead atoms. The normalized spacial score (nSPS) is 44.2. The number of fused-ring (bicyclic) bond motifs is 2. The molecule has 122 valence electrons. The molecule has 0 aromatic heterocycles. The van der Waals surface area contributed by atoms with Crippen LogP contribution in [0, 0.1) is 29.1 Å². The SMILES string of the molecule is CC(C)C1=C2C[C@H](O)[C@H](C)[C@@H]3CC[C@H](C=O)/C3=C/[C@@]2(C)CC1. The minimum absolute atomic E-state index is 0.0555. The van der Waals surface area contributed by atoms with Crippen LogP contribution in [-0.4, -0.2) is 17.5 Å². The fourth-order valence-corrected chi connectivity index (χ4v) is 5.15. The minimum atomic E-state index is -0.278. The van der Waals surface area contributed by atoms with Crippen molar-refractivity contribution in [1.29, 1.82) is 0 Å². The van der Waals surface area contributed by atoms with Gasteiger partial charge in [-0.2, -0.15) is 0 Å². The van der Waals surface area contributed by atoms with Crippen molar-refractivity contribution in [3.8, 4) is 0 Å². The van der Waals surface area contributed by atoms with Crippen LogP contribution in [0.15, 0.2) is 22.8 Å². The maximum Gasteiger partial charge on any atom is 0.127 e. The number of hydrogen-bond acceptors (Lipinski definition) is 2. The van der Waals surface area contributed by atoms with E-state index in [9.17, 15) is 9.90 Å². The lowest BCUT2D eigenvalue weighted by Gasteiger charge is -2.36. The quantitative estimate of drug-likeness (QED) is 0.610. The average Bonchev–Trinajstić information content (AvgIpc) is 2.99. The van der Waals surface area contributed by atoms with E-state index in [1.54, 1.807) is 5.57 Å². The van der Waals surface area contributed by atoms with Gasteiger partial charge < -0.3 is 9.90 Å². The van der Waals surface area contributed by atoms with Gasteiger partial charge in [0, 0.05) is 11.3 Å². The zero-order valence-corrected chi connectivity index (χ0v) is 14.4. The molecular formula is C20H30O2. The Morgan fingerprint density at radius 2 is 2.09 bits per heavy atom. The number of rotatable bonds is 2. The molecule has 1 fully saturated rings. The van der Waals surface area contributed by atoms with Gasteiger partial charge in [-0.05, 0) is 49.9 Å². The lowest BCUT2D eigenvalue weighted by molar-refractivity contribution is -0.110. The van der Waals surface area contributed by atoms with Gasteiger partial charge in [-0.3, -0.25) is 0 Å². The molecule has 0 radical (unpaired) electrons. The zero-order chi connectivity index (χ0) is 16.1. The van der Waals surface area contributed by atoms with Crippen LogP contribution in [0.2, 0.25) is 0 Å². The number of carbonyl (C=O) groups is 1. The van der Waals surface area contributed by atoms with Gasteiger partial charge in [0.05, 0.1) is 6.10 Å². The van der Waals surface area contributed by atoms with Crippen molar-refractivity contribution in [2.75, 3.05) is 0 Å². The Balaban J connectivity index is 2.12. The molecule has 1 saturated carbocycles. The first-order valence-corrected chi connectivity index (χ1v) is 8.95. The summed E-state index contributed by atoms with van der Waals surface area (Å²) >= 11 is 0. The van der Waals surface area contributed by atoms with Crippen LogP contribution in [-0.2, 0) is 4.79 Å². The van der Waals surface area contributed by atoms with Gasteiger partial charge in [0.15, 0.2) is 0 Å². The summed E-state index contributed by atoms with van der Waals surface area (Å²) in [6.07, 6.45) is 8.41. The summed E-state index contributed by atoms with van der Waals surface area (Å²) in [5.74, 6) is 1.28. The fraction of sp³-hybridized carbons (Fsp3) is 0.750. The molecule has 0 amide bonds. The van der Waals surface area contributed by atoms with Crippen molar-refractivity contribution in [3.63, 3.8) is 0 Å². The first-order valence-electron chi connectivity index (χ1n) is 8.95. The molecule has 0 aromatic carbocycles. The van der Waals surface area contributed by atoms with Crippen molar-refractivity contribution in [3.05, 3.63) is 22.8 Å². The molecule has 3 aliphatic carbocycles. The standard InChI is InChI=1S/C20H30O2/c1-12(2)15-7-8-20(4)10-17-14(11-21)5-6-16(17)13(3)19(22)9-18(15)20/h10-14,16,19,22H,5-9H2,1-4H3/b17-10-/t13-,14-,16+,19+,20-/m1/s1. The molecule has 3 aliphatic rings. The van der Waals surface area contributed by atoms with Crippen molar-refractivity contribution in [1.82, 2.24) is 0 Å². The first kappa shape index (κ1) is 16.0. The number of carbonyl (C=O) groups excluding carboxylic acids is 1. The maximum absolute atomic E-state index is 11.5. The Kier molecular flexibility index (Phi) is 4.09. The monoisotopic (exact) mass is 302 g/mol. The highest BCUT2D eigenvalue weighted by molar-refractivity contribution is 5.61. The third-order valence-electron chi connectivity index (χ3n) is 6.64. The summed E-state index contributed by atoms with van der Waals surface area (Å²) in [4.78, 5) is 11.5. The molecule has 0 unspecified atom stereocenters. The molecule has 0 heterocycles. The van der Waals surface area contributed by atoms with E-state index in [1.165, 1.54) is 11.1 Å². The van der Waals surface area contributed by atoms with E-state index < -0.39 is 0 Å². The van der Waals surface area contributed by atoms with Crippen molar-refractivity contribution >= 4 is 6.29 Å². The van der Waals surface area contributed by atoms with Gasteiger partial charge >= 0.3 is 0 Å². The molecule has 0 saturated heterocycles. The molecule has 5 atom stereocenters. The van der Waals surface area contributed by atoms with Gasteiger partial charge in [-0.25, -0.2) is 0 Å². The number of aliphatic hydroxyl groups is 1. The highest BCUT2D eigenvalue weighted by atomic mass is 16.3. The average molecular weight is 302 g/mol. The van der Waals surface area contributed by atoms with Gasteiger partial charge in [-0.15, -0.1) is 0 Å². The Morgan fingerprint density at radius 3 is 2.73 bits per heavy atom. The molecule has 1 N–H and O–H groups in total. The van der Waals surface area contributed by atoms with Gasteiger partial charge in [0.1, 0.15) is 6.29 Å². The number of aldehydes is 1. The second-order valence-corrected chi connectivity index (χ2v) is 8.28. The van der Waals surface area contributed by atoms with E-state index in [-0.39, 0.29) is 23.4 Å². The van der Waals surface area contributed by atoms with E-state index in [2.05, 4.69) is 33.8 Å². The highest BCUT2D eigenvalue weighted by Crippen LogP contribution is 2.54. The number of aliphatic hydroxyl groups excluding tert-OH is 1. The summed E-state index contributed by atoms with van der Waals surface area (Å²) in [6, 6.07) is 0. The second-order valence-electron chi connectivity index (χ2n) is 8.28. The Hall–Kier alpha value is -0.890. The predicted octanol–water partition coefficient (Wildman–Crippen LogP) is 4.29. The molecule has 0 aromatic rings. The molecule has 2 nitrogen and oxygen atoms in total. The topological polar surface area (TPSA) is 37.3 Å².